The van der Waals surface area contributed by atoms with Crippen molar-refractivity contribution in [3.8, 4) is 0 Å². The Kier molecular flexibility index (Phi) is 6.71. The summed E-state index contributed by atoms with van der Waals surface area (Å²) < 4.78 is 6.68. The molecule has 1 saturated heterocycles. The highest BCUT2D eigenvalue weighted by atomic mass is 32.2. The van der Waals surface area contributed by atoms with Crippen LogP contribution in [0.3, 0.4) is 0 Å². The van der Waals surface area contributed by atoms with Gasteiger partial charge in [0.2, 0.25) is 5.91 Å². The van der Waals surface area contributed by atoms with Gasteiger partial charge in [-0.15, -0.1) is 11.3 Å². The number of methoxy groups -OCH3 is 1. The SMILES string of the molecule is COC(=O)C1CCN(C(=O)CSc2nc3sc(C)c(C)c3c(=O)n2C2CCCC2)CC1. The lowest BCUT2D eigenvalue weighted by molar-refractivity contribution is -0.148. The molecule has 1 aliphatic carbocycles. The number of nitrogens with zero attached hydrogens (tertiary/aromatic N) is 3. The number of aryl methyl sites for hydroxylation is 2. The third-order valence-electron chi connectivity index (χ3n) is 6.60. The van der Waals surface area contributed by atoms with Gasteiger partial charge in [-0.25, -0.2) is 4.98 Å². The average Bonchev–Trinajstić information content (AvgIpc) is 3.40. The van der Waals surface area contributed by atoms with Crippen molar-refractivity contribution in [3.05, 3.63) is 20.8 Å². The molecule has 1 amide bonds. The minimum atomic E-state index is -0.193. The van der Waals surface area contributed by atoms with E-state index in [4.69, 9.17) is 9.72 Å². The summed E-state index contributed by atoms with van der Waals surface area (Å²) in [5, 5.41) is 1.39. The Morgan fingerprint density at radius 2 is 1.84 bits per heavy atom. The maximum Gasteiger partial charge on any atom is 0.308 e. The Bertz CT molecular complexity index is 1050. The Balaban J connectivity index is 1.53. The smallest absolute Gasteiger partial charge is 0.308 e. The topological polar surface area (TPSA) is 81.5 Å². The van der Waals surface area contributed by atoms with Gasteiger partial charge in [0.15, 0.2) is 5.16 Å². The van der Waals surface area contributed by atoms with Crippen molar-refractivity contribution < 1.29 is 14.3 Å². The predicted molar refractivity (Wildman–Crippen MR) is 123 cm³/mol. The number of hydrogen-bond acceptors (Lipinski definition) is 7. The number of carbonyl (C=O) groups is 2. The summed E-state index contributed by atoms with van der Waals surface area (Å²) in [5.41, 5.74) is 1.05. The summed E-state index contributed by atoms with van der Waals surface area (Å²) in [7, 11) is 1.40. The number of amides is 1. The molecular formula is C22H29N3O4S2. The van der Waals surface area contributed by atoms with Gasteiger partial charge in [0.1, 0.15) is 4.83 Å². The second kappa shape index (κ2) is 9.32. The van der Waals surface area contributed by atoms with E-state index in [1.165, 1.54) is 18.9 Å². The number of rotatable bonds is 5. The van der Waals surface area contributed by atoms with E-state index in [-0.39, 0.29) is 35.1 Å². The molecule has 9 heteroatoms. The van der Waals surface area contributed by atoms with Crippen LogP contribution in [0.25, 0.3) is 10.2 Å². The molecule has 0 radical (unpaired) electrons. The first kappa shape index (κ1) is 22.3. The first-order valence-corrected chi connectivity index (χ1v) is 12.7. The number of aromatic nitrogens is 2. The van der Waals surface area contributed by atoms with Gasteiger partial charge in [0.25, 0.3) is 5.56 Å². The van der Waals surface area contributed by atoms with Crippen LogP contribution in [-0.2, 0) is 14.3 Å². The number of likely N-dealkylation sites (tertiary alicyclic amines) is 1. The molecule has 0 unspecified atom stereocenters. The number of piperidine rings is 1. The summed E-state index contributed by atoms with van der Waals surface area (Å²) in [5.74, 6) is -0.0411. The molecule has 0 atom stereocenters. The molecule has 3 heterocycles. The maximum absolute atomic E-state index is 13.4. The second-order valence-electron chi connectivity index (χ2n) is 8.44. The lowest BCUT2D eigenvalue weighted by atomic mass is 9.97. The van der Waals surface area contributed by atoms with Crippen LogP contribution in [0.15, 0.2) is 9.95 Å². The van der Waals surface area contributed by atoms with Crippen LogP contribution in [0.1, 0.15) is 55.0 Å². The lowest BCUT2D eigenvalue weighted by Gasteiger charge is -2.30. The van der Waals surface area contributed by atoms with Crippen molar-refractivity contribution in [1.82, 2.24) is 14.5 Å². The van der Waals surface area contributed by atoms with E-state index >= 15 is 0 Å². The van der Waals surface area contributed by atoms with Crippen LogP contribution < -0.4 is 5.56 Å². The van der Waals surface area contributed by atoms with Crippen LogP contribution in [0.5, 0.6) is 0 Å². The minimum Gasteiger partial charge on any atom is -0.469 e. The van der Waals surface area contributed by atoms with E-state index in [0.717, 1.165) is 46.3 Å². The van der Waals surface area contributed by atoms with Gasteiger partial charge >= 0.3 is 5.97 Å². The monoisotopic (exact) mass is 463 g/mol. The van der Waals surface area contributed by atoms with Crippen molar-refractivity contribution >= 4 is 45.2 Å². The van der Waals surface area contributed by atoms with Crippen molar-refractivity contribution in [2.45, 2.75) is 63.6 Å². The van der Waals surface area contributed by atoms with Gasteiger partial charge in [-0.3, -0.25) is 19.0 Å². The summed E-state index contributed by atoms with van der Waals surface area (Å²) in [6, 6.07) is 0.164. The summed E-state index contributed by atoms with van der Waals surface area (Å²) in [6.45, 7) is 5.13. The molecule has 2 aromatic rings. The Labute approximate surface area is 190 Å². The summed E-state index contributed by atoms with van der Waals surface area (Å²) >= 11 is 2.92. The van der Waals surface area contributed by atoms with Crippen molar-refractivity contribution in [1.29, 1.82) is 0 Å². The number of thiophene rings is 1. The molecule has 1 saturated carbocycles. The number of fused-ring (bicyclic) bond motifs is 1. The average molecular weight is 464 g/mol. The van der Waals surface area contributed by atoms with Gasteiger partial charge in [0.05, 0.1) is 24.2 Å². The van der Waals surface area contributed by atoms with Gasteiger partial charge in [-0.2, -0.15) is 0 Å². The molecule has 0 N–H and O–H groups in total. The highest BCUT2D eigenvalue weighted by Crippen LogP contribution is 2.34. The van der Waals surface area contributed by atoms with Crippen LogP contribution in [-0.4, -0.2) is 52.3 Å². The van der Waals surface area contributed by atoms with Crippen molar-refractivity contribution in [2.24, 2.45) is 5.92 Å². The van der Waals surface area contributed by atoms with E-state index in [9.17, 15) is 14.4 Å². The molecule has 2 aliphatic rings. The molecule has 2 aromatic heterocycles. The van der Waals surface area contributed by atoms with Crippen molar-refractivity contribution in [3.63, 3.8) is 0 Å². The number of carbonyl (C=O) groups excluding carboxylic acids is 2. The normalized spacial score (nSPS) is 18.1. The number of thioether (sulfide) groups is 1. The predicted octanol–water partition coefficient (Wildman–Crippen LogP) is 3.69. The Morgan fingerprint density at radius 1 is 1.16 bits per heavy atom. The third-order valence-corrected chi connectivity index (χ3v) is 8.64. The molecular weight excluding hydrogens is 434 g/mol. The van der Waals surface area contributed by atoms with Crippen LogP contribution in [0.2, 0.25) is 0 Å². The largest absolute Gasteiger partial charge is 0.469 e. The molecule has 0 spiro atoms. The van der Waals surface area contributed by atoms with E-state index in [1.54, 1.807) is 11.3 Å². The molecule has 0 bridgehead atoms. The zero-order chi connectivity index (χ0) is 22.1. The fourth-order valence-electron chi connectivity index (χ4n) is 4.62. The molecule has 168 valence electrons. The van der Waals surface area contributed by atoms with E-state index in [0.29, 0.717) is 31.1 Å². The molecule has 2 fully saturated rings. The zero-order valence-corrected chi connectivity index (χ0v) is 19.9. The maximum atomic E-state index is 13.4. The fourth-order valence-corrected chi connectivity index (χ4v) is 6.66. The van der Waals surface area contributed by atoms with Gasteiger partial charge in [0, 0.05) is 24.0 Å². The number of hydrogen-bond donors (Lipinski definition) is 0. The van der Waals surface area contributed by atoms with Gasteiger partial charge in [-0.05, 0) is 45.1 Å². The number of esters is 1. The minimum absolute atomic E-state index is 0.0270. The van der Waals surface area contributed by atoms with Gasteiger partial charge < -0.3 is 9.64 Å². The first-order chi connectivity index (χ1) is 14.9. The third kappa shape index (κ3) is 4.39. The summed E-state index contributed by atoms with van der Waals surface area (Å²) in [4.78, 5) is 46.5. The molecule has 0 aromatic carbocycles. The quantitative estimate of drug-likeness (QED) is 0.382. The van der Waals surface area contributed by atoms with Crippen molar-refractivity contribution in [2.75, 3.05) is 26.0 Å². The Morgan fingerprint density at radius 3 is 2.48 bits per heavy atom. The standard InChI is InChI=1S/C22H29N3O4S2/c1-13-14(2)31-19-18(13)20(27)25(16-6-4-5-7-16)22(23-19)30-12-17(26)24-10-8-15(9-11-24)21(28)29-3/h15-16H,4-12H2,1-3H3. The lowest BCUT2D eigenvalue weighted by Crippen LogP contribution is -2.41. The van der Waals surface area contributed by atoms with Crippen LogP contribution in [0, 0.1) is 19.8 Å². The fraction of sp³-hybridized carbons (Fsp3) is 0.636. The molecule has 4 rings (SSSR count). The zero-order valence-electron chi connectivity index (χ0n) is 18.3. The number of ether oxygens (including phenoxy) is 1. The highest BCUT2D eigenvalue weighted by Gasteiger charge is 2.29. The molecule has 31 heavy (non-hydrogen) atoms. The Hall–Kier alpha value is -1.87. The van der Waals surface area contributed by atoms with Gasteiger partial charge in [-0.1, -0.05) is 24.6 Å². The highest BCUT2D eigenvalue weighted by molar-refractivity contribution is 7.99. The van der Waals surface area contributed by atoms with Crippen LogP contribution >= 0.6 is 23.1 Å². The van der Waals surface area contributed by atoms with E-state index < -0.39 is 0 Å². The second-order valence-corrected chi connectivity index (χ2v) is 10.6. The van der Waals surface area contributed by atoms with E-state index in [1.807, 2.05) is 23.3 Å². The first-order valence-electron chi connectivity index (χ1n) is 10.9. The molecule has 1 aliphatic heterocycles. The van der Waals surface area contributed by atoms with E-state index in [2.05, 4.69) is 0 Å². The summed E-state index contributed by atoms with van der Waals surface area (Å²) in [6.07, 6.45) is 5.47. The molecule has 7 nitrogen and oxygen atoms in total. The van der Waals surface area contributed by atoms with Crippen LogP contribution in [0.4, 0.5) is 0 Å².